The number of hydrogen-bond acceptors (Lipinski definition) is 8. The normalized spacial score (nSPS) is 14.3. The zero-order valence-corrected chi connectivity index (χ0v) is 14.3. The van der Waals surface area contributed by atoms with Crippen LogP contribution in [0.5, 0.6) is 11.5 Å². The summed E-state index contributed by atoms with van der Waals surface area (Å²) in [5.74, 6) is 0.229. The van der Waals surface area contributed by atoms with Crippen LogP contribution in [0.3, 0.4) is 0 Å². The van der Waals surface area contributed by atoms with Gasteiger partial charge in [0.2, 0.25) is 5.71 Å². The van der Waals surface area contributed by atoms with E-state index in [9.17, 15) is 4.79 Å². The van der Waals surface area contributed by atoms with E-state index >= 15 is 0 Å². The lowest BCUT2D eigenvalue weighted by Crippen LogP contribution is -2.43. The van der Waals surface area contributed by atoms with E-state index in [1.165, 1.54) is 7.11 Å². The Morgan fingerprint density at radius 2 is 2.19 bits per heavy atom. The number of nitrogens with one attached hydrogen (secondary N) is 2. The van der Waals surface area contributed by atoms with Gasteiger partial charge in [0, 0.05) is 19.2 Å². The lowest BCUT2D eigenvalue weighted by molar-refractivity contribution is -0.137. The van der Waals surface area contributed by atoms with E-state index in [1.54, 1.807) is 29.2 Å². The van der Waals surface area contributed by atoms with Crippen molar-refractivity contribution in [2.24, 2.45) is 10.8 Å². The first-order chi connectivity index (χ1) is 12.5. The molecule has 4 N–H and O–H groups in total. The SMILES string of the molecule is COc1cc(N/N=C(\C#N)C(=N)N)ccc1OCC(=O)N1CCOCC1. The number of nitrogens with zero attached hydrogens (tertiary/aromatic N) is 3. The average Bonchev–Trinajstić information content (AvgIpc) is 2.67. The predicted octanol–water partition coefficient (Wildman–Crippen LogP) is 0.160. The summed E-state index contributed by atoms with van der Waals surface area (Å²) in [7, 11) is 1.47. The van der Waals surface area contributed by atoms with Gasteiger partial charge in [-0.2, -0.15) is 10.4 Å². The fourth-order valence-corrected chi connectivity index (χ4v) is 2.17. The van der Waals surface area contributed by atoms with Gasteiger partial charge in [-0.05, 0) is 12.1 Å². The number of ether oxygens (including phenoxy) is 3. The van der Waals surface area contributed by atoms with Crippen LogP contribution in [0.15, 0.2) is 23.3 Å². The van der Waals surface area contributed by atoms with Crippen molar-refractivity contribution in [1.29, 1.82) is 10.7 Å². The third-order valence-electron chi connectivity index (χ3n) is 3.54. The summed E-state index contributed by atoms with van der Waals surface area (Å²) in [6.45, 7) is 2.06. The predicted molar refractivity (Wildman–Crippen MR) is 94.5 cm³/mol. The maximum atomic E-state index is 12.1. The largest absolute Gasteiger partial charge is 0.493 e. The molecule has 0 spiro atoms. The van der Waals surface area contributed by atoms with Crippen LogP contribution in [0.25, 0.3) is 0 Å². The maximum absolute atomic E-state index is 12.1. The number of anilines is 1. The molecule has 1 fully saturated rings. The molecule has 1 aromatic carbocycles. The van der Waals surface area contributed by atoms with Crippen LogP contribution in [-0.2, 0) is 9.53 Å². The van der Waals surface area contributed by atoms with Gasteiger partial charge >= 0.3 is 0 Å². The van der Waals surface area contributed by atoms with Crippen LogP contribution in [-0.4, -0.2) is 62.4 Å². The highest BCUT2D eigenvalue weighted by atomic mass is 16.5. The van der Waals surface area contributed by atoms with Crippen molar-refractivity contribution in [2.75, 3.05) is 45.4 Å². The van der Waals surface area contributed by atoms with Crippen LogP contribution >= 0.6 is 0 Å². The molecule has 1 heterocycles. The number of rotatable bonds is 7. The Balaban J connectivity index is 2.00. The fourth-order valence-electron chi connectivity index (χ4n) is 2.17. The molecule has 138 valence electrons. The zero-order chi connectivity index (χ0) is 18.9. The Bertz CT molecular complexity index is 737. The van der Waals surface area contributed by atoms with E-state index in [2.05, 4.69) is 10.5 Å². The lowest BCUT2D eigenvalue weighted by Gasteiger charge is -2.26. The third kappa shape index (κ3) is 5.09. The van der Waals surface area contributed by atoms with Crippen LogP contribution in [0.1, 0.15) is 0 Å². The Hall–Kier alpha value is -3.32. The van der Waals surface area contributed by atoms with Crippen molar-refractivity contribution in [3.63, 3.8) is 0 Å². The summed E-state index contributed by atoms with van der Waals surface area (Å²) in [6, 6.07) is 6.55. The van der Waals surface area contributed by atoms with Crippen molar-refractivity contribution >= 4 is 23.1 Å². The molecule has 26 heavy (non-hydrogen) atoms. The Labute approximate surface area is 150 Å². The zero-order valence-electron chi connectivity index (χ0n) is 14.3. The van der Waals surface area contributed by atoms with Gasteiger partial charge in [0.15, 0.2) is 23.9 Å². The van der Waals surface area contributed by atoms with Gasteiger partial charge in [-0.3, -0.25) is 15.6 Å². The molecule has 0 bridgehead atoms. The number of amidine groups is 1. The van der Waals surface area contributed by atoms with Gasteiger partial charge in [0.05, 0.1) is 26.0 Å². The molecule has 10 nitrogen and oxygen atoms in total. The van der Waals surface area contributed by atoms with Crippen molar-refractivity contribution in [2.45, 2.75) is 0 Å². The smallest absolute Gasteiger partial charge is 0.260 e. The molecule has 0 radical (unpaired) electrons. The van der Waals surface area contributed by atoms with Crippen LogP contribution in [0, 0.1) is 16.7 Å². The quantitative estimate of drug-likeness (QED) is 0.356. The van der Waals surface area contributed by atoms with Gasteiger partial charge in [-0.1, -0.05) is 0 Å². The van der Waals surface area contributed by atoms with Gasteiger partial charge in [0.1, 0.15) is 6.07 Å². The molecule has 0 atom stereocenters. The summed E-state index contributed by atoms with van der Waals surface area (Å²) in [5.41, 5.74) is 8.10. The highest BCUT2D eigenvalue weighted by Crippen LogP contribution is 2.30. The molecule has 2 rings (SSSR count). The number of carbonyl (C=O) groups is 1. The molecule has 0 unspecified atom stereocenters. The number of methoxy groups -OCH3 is 1. The Morgan fingerprint density at radius 1 is 1.46 bits per heavy atom. The second kappa shape index (κ2) is 9.24. The number of benzene rings is 1. The van der Waals surface area contributed by atoms with Crippen molar-refractivity contribution < 1.29 is 19.0 Å². The molecule has 10 heteroatoms. The molecule has 1 aliphatic heterocycles. The minimum atomic E-state index is -0.437. The number of hydrazone groups is 1. The van der Waals surface area contributed by atoms with Crippen molar-refractivity contribution in [1.82, 2.24) is 4.90 Å². The standard InChI is InChI=1S/C16H20N6O4/c1-24-14-8-11(20-21-12(9-17)16(18)19)2-3-13(14)26-10-15(23)22-4-6-25-7-5-22/h2-3,8,20H,4-7,10H2,1H3,(H3,18,19)/b21-12+. The molecule has 1 aliphatic rings. The van der Waals surface area contributed by atoms with Gasteiger partial charge in [-0.15, -0.1) is 0 Å². The molecular formula is C16H20N6O4. The maximum Gasteiger partial charge on any atom is 0.260 e. The molecule has 1 aromatic rings. The molecule has 0 aliphatic carbocycles. The molecule has 0 saturated carbocycles. The topological polar surface area (TPSA) is 146 Å². The second-order valence-corrected chi connectivity index (χ2v) is 5.25. The van der Waals surface area contributed by atoms with E-state index in [-0.39, 0.29) is 18.2 Å². The van der Waals surface area contributed by atoms with Crippen molar-refractivity contribution in [3.05, 3.63) is 18.2 Å². The second-order valence-electron chi connectivity index (χ2n) is 5.25. The number of morpholine rings is 1. The van der Waals surface area contributed by atoms with E-state index in [0.29, 0.717) is 43.5 Å². The number of nitrogens with two attached hydrogens (primary N) is 1. The molecule has 1 amide bonds. The van der Waals surface area contributed by atoms with Crippen LogP contribution in [0.4, 0.5) is 5.69 Å². The Morgan fingerprint density at radius 3 is 2.81 bits per heavy atom. The first-order valence-corrected chi connectivity index (χ1v) is 7.79. The lowest BCUT2D eigenvalue weighted by atomic mass is 10.3. The van der Waals surface area contributed by atoms with Crippen LogP contribution < -0.4 is 20.6 Å². The summed E-state index contributed by atoms with van der Waals surface area (Å²) in [5, 5.41) is 19.8. The molecule has 0 aromatic heterocycles. The number of carbonyl (C=O) groups excluding carboxylic acids is 1. The van der Waals surface area contributed by atoms with Gasteiger partial charge in [0.25, 0.3) is 5.91 Å². The number of nitriles is 1. The van der Waals surface area contributed by atoms with E-state index in [0.717, 1.165) is 0 Å². The molecular weight excluding hydrogens is 340 g/mol. The van der Waals surface area contributed by atoms with E-state index < -0.39 is 5.84 Å². The summed E-state index contributed by atoms with van der Waals surface area (Å²) in [4.78, 5) is 13.8. The fraction of sp³-hybridized carbons (Fsp3) is 0.375. The number of hydrogen-bond donors (Lipinski definition) is 3. The van der Waals surface area contributed by atoms with E-state index in [4.69, 9.17) is 30.6 Å². The molecule has 1 saturated heterocycles. The minimum Gasteiger partial charge on any atom is -0.493 e. The third-order valence-corrected chi connectivity index (χ3v) is 3.54. The first kappa shape index (κ1) is 19.0. The number of amides is 1. The van der Waals surface area contributed by atoms with Gasteiger partial charge < -0.3 is 24.8 Å². The van der Waals surface area contributed by atoms with E-state index in [1.807, 2.05) is 0 Å². The van der Waals surface area contributed by atoms with Gasteiger partial charge in [-0.25, -0.2) is 0 Å². The highest BCUT2D eigenvalue weighted by molar-refractivity contribution is 6.45. The van der Waals surface area contributed by atoms with Crippen LogP contribution in [0.2, 0.25) is 0 Å². The summed E-state index contributed by atoms with van der Waals surface area (Å²) in [6.07, 6.45) is 0. The average molecular weight is 360 g/mol. The summed E-state index contributed by atoms with van der Waals surface area (Å²) >= 11 is 0. The highest BCUT2D eigenvalue weighted by Gasteiger charge is 2.18. The minimum absolute atomic E-state index is 0.107. The Kier molecular flexibility index (Phi) is 6.75. The van der Waals surface area contributed by atoms with Crippen molar-refractivity contribution in [3.8, 4) is 17.6 Å². The monoisotopic (exact) mass is 360 g/mol. The summed E-state index contributed by atoms with van der Waals surface area (Å²) < 4.78 is 16.0. The first-order valence-electron chi connectivity index (χ1n) is 7.79.